The summed E-state index contributed by atoms with van der Waals surface area (Å²) in [7, 11) is 0. The van der Waals surface area contributed by atoms with E-state index in [9.17, 15) is 0 Å². The van der Waals surface area contributed by atoms with Crippen molar-refractivity contribution in [2.24, 2.45) is 5.73 Å². The summed E-state index contributed by atoms with van der Waals surface area (Å²) in [6.07, 6.45) is 4.66. The smallest absolute Gasteiger partial charge is 0.122 e. The monoisotopic (exact) mass is 249 g/mol. The largest absolute Gasteiger partial charge is 0.493 e. The van der Waals surface area contributed by atoms with E-state index in [-0.39, 0.29) is 0 Å². The van der Waals surface area contributed by atoms with Crippen molar-refractivity contribution in [2.45, 2.75) is 52.4 Å². The predicted octanol–water partition coefficient (Wildman–Crippen LogP) is 4.02. The number of aryl methyl sites for hydroxylation is 1. The molecule has 0 amide bonds. The number of hydrogen-bond acceptors (Lipinski definition) is 2. The molecule has 0 atom stereocenters. The van der Waals surface area contributed by atoms with E-state index in [4.69, 9.17) is 10.5 Å². The Labute approximate surface area is 112 Å². The van der Waals surface area contributed by atoms with Crippen LogP contribution in [0, 0.1) is 6.92 Å². The zero-order valence-corrected chi connectivity index (χ0v) is 12.0. The number of nitrogens with two attached hydrogens (primary N) is 1. The van der Waals surface area contributed by atoms with Crippen LogP contribution in [0.25, 0.3) is 0 Å². The zero-order chi connectivity index (χ0) is 13.4. The van der Waals surface area contributed by atoms with Crippen LogP contribution in [0.4, 0.5) is 0 Å². The first-order valence-corrected chi connectivity index (χ1v) is 7.08. The minimum absolute atomic E-state index is 0.553. The van der Waals surface area contributed by atoms with E-state index in [1.807, 2.05) is 0 Å². The van der Waals surface area contributed by atoms with Crippen LogP contribution in [0.3, 0.4) is 0 Å². The van der Waals surface area contributed by atoms with E-state index < -0.39 is 0 Å². The van der Waals surface area contributed by atoms with Crippen molar-refractivity contribution in [3.05, 3.63) is 29.3 Å². The summed E-state index contributed by atoms with van der Waals surface area (Å²) in [5, 5.41) is 0. The lowest BCUT2D eigenvalue weighted by atomic mass is 10.0. The fourth-order valence-corrected chi connectivity index (χ4v) is 1.91. The van der Waals surface area contributed by atoms with Gasteiger partial charge in [0.05, 0.1) is 6.61 Å². The maximum absolute atomic E-state index is 5.88. The Balaban J connectivity index is 2.39. The van der Waals surface area contributed by atoms with E-state index in [1.54, 1.807) is 0 Å². The fraction of sp³-hybridized carbons (Fsp3) is 0.625. The number of unbranched alkanes of at least 4 members (excludes halogenated alkanes) is 3. The summed E-state index contributed by atoms with van der Waals surface area (Å²) in [6.45, 7) is 8.14. The van der Waals surface area contributed by atoms with Crippen LogP contribution in [0.2, 0.25) is 0 Å². The maximum Gasteiger partial charge on any atom is 0.122 e. The van der Waals surface area contributed by atoms with Crippen LogP contribution in [-0.4, -0.2) is 13.2 Å². The van der Waals surface area contributed by atoms with Gasteiger partial charge in [0.25, 0.3) is 0 Å². The highest BCUT2D eigenvalue weighted by Gasteiger charge is 2.04. The van der Waals surface area contributed by atoms with Gasteiger partial charge in [-0.1, -0.05) is 38.8 Å². The van der Waals surface area contributed by atoms with Crippen LogP contribution in [0.5, 0.6) is 5.75 Å². The molecule has 2 N–H and O–H groups in total. The van der Waals surface area contributed by atoms with Gasteiger partial charge in [0, 0.05) is 0 Å². The van der Waals surface area contributed by atoms with Crippen molar-refractivity contribution < 1.29 is 4.74 Å². The molecule has 0 heterocycles. The van der Waals surface area contributed by atoms with Crippen molar-refractivity contribution in [1.82, 2.24) is 0 Å². The van der Waals surface area contributed by atoms with E-state index >= 15 is 0 Å². The van der Waals surface area contributed by atoms with Gasteiger partial charge in [-0.2, -0.15) is 0 Å². The number of benzene rings is 1. The molecule has 0 aliphatic heterocycles. The van der Waals surface area contributed by atoms with Gasteiger partial charge < -0.3 is 10.5 Å². The Morgan fingerprint density at radius 2 is 1.83 bits per heavy atom. The maximum atomic E-state index is 5.88. The van der Waals surface area contributed by atoms with Gasteiger partial charge in [-0.25, -0.2) is 0 Å². The van der Waals surface area contributed by atoms with Crippen LogP contribution < -0.4 is 10.5 Å². The van der Waals surface area contributed by atoms with Crippen LogP contribution in [-0.2, 0) is 0 Å². The van der Waals surface area contributed by atoms with Crippen LogP contribution in [0.15, 0.2) is 18.2 Å². The third kappa shape index (κ3) is 5.09. The minimum Gasteiger partial charge on any atom is -0.493 e. The van der Waals surface area contributed by atoms with E-state index in [0.717, 1.165) is 31.7 Å². The number of hydrogen-bond donors (Lipinski definition) is 1. The second-order valence-electron chi connectivity index (χ2n) is 5.23. The molecule has 0 aliphatic carbocycles. The molecule has 0 radical (unpaired) electrons. The van der Waals surface area contributed by atoms with Gasteiger partial charge in [0.1, 0.15) is 5.75 Å². The summed E-state index contributed by atoms with van der Waals surface area (Å²) in [5.74, 6) is 1.59. The van der Waals surface area contributed by atoms with Crippen molar-refractivity contribution >= 4 is 0 Å². The molecular formula is C16H27NO. The second kappa shape index (κ2) is 8.15. The van der Waals surface area contributed by atoms with Crippen molar-refractivity contribution in [2.75, 3.05) is 13.2 Å². The average Bonchev–Trinajstić information content (AvgIpc) is 2.35. The van der Waals surface area contributed by atoms with E-state index in [0.29, 0.717) is 5.92 Å². The third-order valence-corrected chi connectivity index (χ3v) is 3.23. The lowest BCUT2D eigenvalue weighted by Crippen LogP contribution is -2.01. The highest BCUT2D eigenvalue weighted by molar-refractivity contribution is 5.37. The zero-order valence-electron chi connectivity index (χ0n) is 12.0. The molecule has 2 heteroatoms. The lowest BCUT2D eigenvalue weighted by molar-refractivity contribution is 0.302. The SMILES string of the molecule is Cc1ccc(C(C)C)cc1OCCCCCCN. The summed E-state index contributed by atoms with van der Waals surface area (Å²) in [4.78, 5) is 0. The molecule has 0 aliphatic rings. The van der Waals surface area contributed by atoms with Gasteiger partial charge in [0.15, 0.2) is 0 Å². The Morgan fingerprint density at radius 3 is 2.50 bits per heavy atom. The Kier molecular flexibility index (Phi) is 6.81. The fourth-order valence-electron chi connectivity index (χ4n) is 1.91. The molecule has 0 fully saturated rings. The molecule has 0 saturated heterocycles. The highest BCUT2D eigenvalue weighted by atomic mass is 16.5. The van der Waals surface area contributed by atoms with Gasteiger partial charge in [0.2, 0.25) is 0 Å². The number of rotatable bonds is 8. The molecule has 0 unspecified atom stereocenters. The topological polar surface area (TPSA) is 35.2 Å². The Hall–Kier alpha value is -1.02. The predicted molar refractivity (Wildman–Crippen MR) is 78.3 cm³/mol. The molecule has 0 aromatic heterocycles. The standard InChI is InChI=1S/C16H27NO/c1-13(2)15-9-8-14(3)16(12-15)18-11-7-5-4-6-10-17/h8-9,12-13H,4-7,10-11,17H2,1-3H3. The van der Waals surface area contributed by atoms with Crippen molar-refractivity contribution in [3.8, 4) is 5.75 Å². The molecule has 0 bridgehead atoms. The summed E-state index contributed by atoms with van der Waals surface area (Å²) in [5.41, 5.74) is 8.04. The number of ether oxygens (including phenoxy) is 1. The third-order valence-electron chi connectivity index (χ3n) is 3.23. The summed E-state index contributed by atoms with van der Waals surface area (Å²) < 4.78 is 5.88. The van der Waals surface area contributed by atoms with Crippen LogP contribution in [0.1, 0.15) is 56.6 Å². The Bertz CT molecular complexity index is 347. The average molecular weight is 249 g/mol. The van der Waals surface area contributed by atoms with Gasteiger partial charge in [-0.15, -0.1) is 0 Å². The van der Waals surface area contributed by atoms with E-state index in [2.05, 4.69) is 39.0 Å². The van der Waals surface area contributed by atoms with E-state index in [1.165, 1.54) is 24.0 Å². The quantitative estimate of drug-likeness (QED) is 0.706. The first kappa shape index (κ1) is 15.0. The van der Waals surface area contributed by atoms with Crippen molar-refractivity contribution in [3.63, 3.8) is 0 Å². The normalized spacial score (nSPS) is 10.9. The van der Waals surface area contributed by atoms with Gasteiger partial charge >= 0.3 is 0 Å². The molecule has 1 aromatic rings. The first-order valence-electron chi connectivity index (χ1n) is 7.08. The van der Waals surface area contributed by atoms with Gasteiger partial charge in [-0.05, 0) is 49.4 Å². The summed E-state index contributed by atoms with van der Waals surface area (Å²) >= 11 is 0. The van der Waals surface area contributed by atoms with Crippen molar-refractivity contribution in [1.29, 1.82) is 0 Å². The highest BCUT2D eigenvalue weighted by Crippen LogP contribution is 2.24. The molecule has 102 valence electrons. The molecule has 1 rings (SSSR count). The van der Waals surface area contributed by atoms with Crippen LogP contribution >= 0.6 is 0 Å². The first-order chi connectivity index (χ1) is 8.65. The molecule has 2 nitrogen and oxygen atoms in total. The summed E-state index contributed by atoms with van der Waals surface area (Å²) in [6, 6.07) is 6.52. The molecule has 0 spiro atoms. The molecule has 0 saturated carbocycles. The Morgan fingerprint density at radius 1 is 1.11 bits per heavy atom. The second-order valence-corrected chi connectivity index (χ2v) is 5.23. The molecule has 1 aromatic carbocycles. The van der Waals surface area contributed by atoms with Gasteiger partial charge in [-0.3, -0.25) is 0 Å². The molecule has 18 heavy (non-hydrogen) atoms. The lowest BCUT2D eigenvalue weighted by Gasteiger charge is -2.12. The molecular weight excluding hydrogens is 222 g/mol. The minimum atomic E-state index is 0.553.